The molecule has 3 aromatic carbocycles. The van der Waals surface area contributed by atoms with Crippen molar-refractivity contribution in [3.8, 4) is 17.2 Å². The molecule has 0 fully saturated rings. The fourth-order valence-corrected chi connectivity index (χ4v) is 4.78. The lowest BCUT2D eigenvalue weighted by Crippen LogP contribution is -2.40. The smallest absolute Gasteiger partial charge is 0.264 e. The molecule has 1 amide bonds. The van der Waals surface area contributed by atoms with Crippen molar-refractivity contribution in [3.05, 3.63) is 78.1 Å². The molecule has 0 aliphatic carbocycles. The van der Waals surface area contributed by atoms with Crippen molar-refractivity contribution in [1.29, 1.82) is 0 Å². The molecule has 0 unspecified atom stereocenters. The van der Waals surface area contributed by atoms with Gasteiger partial charge < -0.3 is 19.5 Å². The minimum Gasteiger partial charge on any atom is -0.497 e. The number of nitrogens with one attached hydrogen (secondary N) is 1. The van der Waals surface area contributed by atoms with Gasteiger partial charge in [-0.1, -0.05) is 6.07 Å². The highest BCUT2D eigenvalue weighted by molar-refractivity contribution is 7.92. The van der Waals surface area contributed by atoms with Gasteiger partial charge in [0.15, 0.2) is 11.5 Å². The molecule has 0 aliphatic rings. The van der Waals surface area contributed by atoms with Gasteiger partial charge in [0.1, 0.15) is 18.1 Å². The molecule has 0 bridgehead atoms. The SMILES string of the molecule is COc1ccc(S(=O)(=O)N(CC(=O)NCc2ccc(OC(C)C)c(OC)c2)c2ccc(F)cc2)cc1. The summed E-state index contributed by atoms with van der Waals surface area (Å²) < 4.78 is 57.4. The average Bonchev–Trinajstić information content (AvgIpc) is 2.87. The van der Waals surface area contributed by atoms with E-state index in [1.54, 1.807) is 18.2 Å². The lowest BCUT2D eigenvalue weighted by molar-refractivity contribution is -0.119. The molecule has 0 spiro atoms. The number of rotatable bonds is 11. The average molecular weight is 517 g/mol. The van der Waals surface area contributed by atoms with E-state index in [0.717, 1.165) is 22.0 Å². The Labute approximate surface area is 210 Å². The number of carbonyl (C=O) groups excluding carboxylic acids is 1. The summed E-state index contributed by atoms with van der Waals surface area (Å²) in [5.74, 6) is 0.517. The second-order valence-electron chi connectivity index (χ2n) is 8.09. The molecule has 3 aromatic rings. The van der Waals surface area contributed by atoms with E-state index in [-0.39, 0.29) is 23.2 Å². The fourth-order valence-electron chi connectivity index (χ4n) is 3.36. The Kier molecular flexibility index (Phi) is 8.76. The normalized spacial score (nSPS) is 11.2. The van der Waals surface area contributed by atoms with Crippen LogP contribution in [-0.2, 0) is 21.4 Å². The first-order valence-electron chi connectivity index (χ1n) is 11.2. The zero-order chi connectivity index (χ0) is 26.3. The van der Waals surface area contributed by atoms with Gasteiger partial charge in [-0.15, -0.1) is 0 Å². The second-order valence-corrected chi connectivity index (χ2v) is 9.95. The van der Waals surface area contributed by atoms with Gasteiger partial charge in [0.05, 0.1) is 30.9 Å². The van der Waals surface area contributed by atoms with Gasteiger partial charge >= 0.3 is 0 Å². The number of benzene rings is 3. The lowest BCUT2D eigenvalue weighted by Gasteiger charge is -2.24. The van der Waals surface area contributed by atoms with Gasteiger partial charge in [-0.3, -0.25) is 9.10 Å². The van der Waals surface area contributed by atoms with E-state index in [1.165, 1.54) is 50.6 Å². The van der Waals surface area contributed by atoms with E-state index in [4.69, 9.17) is 14.2 Å². The number of nitrogens with zero attached hydrogens (tertiary/aromatic N) is 1. The zero-order valence-corrected chi connectivity index (χ0v) is 21.3. The first kappa shape index (κ1) is 26.8. The van der Waals surface area contributed by atoms with E-state index in [0.29, 0.717) is 17.2 Å². The van der Waals surface area contributed by atoms with Crippen molar-refractivity contribution in [2.45, 2.75) is 31.4 Å². The zero-order valence-electron chi connectivity index (χ0n) is 20.5. The maximum absolute atomic E-state index is 13.5. The minimum atomic E-state index is -4.14. The second kappa shape index (κ2) is 11.8. The van der Waals surface area contributed by atoms with Crippen LogP contribution < -0.4 is 23.8 Å². The summed E-state index contributed by atoms with van der Waals surface area (Å²) in [5, 5.41) is 2.73. The van der Waals surface area contributed by atoms with Gasteiger partial charge in [-0.2, -0.15) is 0 Å². The maximum Gasteiger partial charge on any atom is 0.264 e. The summed E-state index contributed by atoms with van der Waals surface area (Å²) in [6, 6.07) is 15.9. The molecule has 0 saturated carbocycles. The third kappa shape index (κ3) is 6.66. The summed E-state index contributed by atoms with van der Waals surface area (Å²) in [4.78, 5) is 12.8. The standard InChI is InChI=1S/C26H29FN2O6S/c1-18(2)35-24-14-5-19(15-25(24)34-4)16-28-26(30)17-29(21-8-6-20(27)7-9-21)36(31,32)23-12-10-22(33-3)11-13-23/h5-15,18H,16-17H2,1-4H3,(H,28,30). The van der Waals surface area contributed by atoms with Crippen LogP contribution >= 0.6 is 0 Å². The highest BCUT2D eigenvalue weighted by Gasteiger charge is 2.27. The van der Waals surface area contributed by atoms with Crippen molar-refractivity contribution in [2.75, 3.05) is 25.1 Å². The quantitative estimate of drug-likeness (QED) is 0.412. The number of sulfonamides is 1. The molecular weight excluding hydrogens is 487 g/mol. The number of amides is 1. The van der Waals surface area contributed by atoms with E-state index in [1.807, 2.05) is 13.8 Å². The molecule has 0 aliphatic heterocycles. The largest absolute Gasteiger partial charge is 0.497 e. The van der Waals surface area contributed by atoms with Crippen LogP contribution in [0.15, 0.2) is 71.6 Å². The van der Waals surface area contributed by atoms with Crippen LogP contribution in [0.1, 0.15) is 19.4 Å². The van der Waals surface area contributed by atoms with Crippen LogP contribution in [0.3, 0.4) is 0 Å². The highest BCUT2D eigenvalue weighted by Crippen LogP contribution is 2.29. The molecule has 10 heteroatoms. The number of ether oxygens (including phenoxy) is 3. The summed E-state index contributed by atoms with van der Waals surface area (Å²) >= 11 is 0. The predicted molar refractivity (Wildman–Crippen MR) is 135 cm³/mol. The summed E-state index contributed by atoms with van der Waals surface area (Å²) in [7, 11) is -1.15. The number of halogens is 1. The van der Waals surface area contributed by atoms with E-state index < -0.39 is 28.3 Å². The Morgan fingerprint density at radius 2 is 1.61 bits per heavy atom. The Hall–Kier alpha value is -3.79. The maximum atomic E-state index is 13.5. The summed E-state index contributed by atoms with van der Waals surface area (Å²) in [6.07, 6.45) is -0.0328. The van der Waals surface area contributed by atoms with Crippen LogP contribution in [0.4, 0.5) is 10.1 Å². The van der Waals surface area contributed by atoms with Gasteiger partial charge in [0.25, 0.3) is 10.0 Å². The Morgan fingerprint density at radius 3 is 2.19 bits per heavy atom. The van der Waals surface area contributed by atoms with Crippen LogP contribution in [0.25, 0.3) is 0 Å². The minimum absolute atomic E-state index is 0.0328. The van der Waals surface area contributed by atoms with Gasteiger partial charge in [0, 0.05) is 6.54 Å². The molecule has 0 saturated heterocycles. The molecule has 0 atom stereocenters. The van der Waals surface area contributed by atoms with Gasteiger partial charge in [-0.25, -0.2) is 12.8 Å². The molecular formula is C26H29FN2O6S. The van der Waals surface area contributed by atoms with E-state index >= 15 is 0 Å². The molecule has 0 radical (unpaired) electrons. The molecule has 0 aromatic heterocycles. The van der Waals surface area contributed by atoms with Crippen molar-refractivity contribution in [2.24, 2.45) is 0 Å². The van der Waals surface area contributed by atoms with Crippen molar-refractivity contribution in [3.63, 3.8) is 0 Å². The lowest BCUT2D eigenvalue weighted by atomic mass is 10.2. The molecule has 36 heavy (non-hydrogen) atoms. The first-order valence-corrected chi connectivity index (χ1v) is 12.6. The van der Waals surface area contributed by atoms with Gasteiger partial charge in [-0.05, 0) is 80.1 Å². The van der Waals surface area contributed by atoms with Crippen LogP contribution in [0.2, 0.25) is 0 Å². The van der Waals surface area contributed by atoms with Gasteiger partial charge in [0.2, 0.25) is 5.91 Å². The number of hydrogen-bond donors (Lipinski definition) is 1. The Morgan fingerprint density at radius 1 is 0.944 bits per heavy atom. The van der Waals surface area contributed by atoms with Crippen LogP contribution in [0.5, 0.6) is 17.2 Å². The predicted octanol–water partition coefficient (Wildman–Crippen LogP) is 4.14. The fraction of sp³-hybridized carbons (Fsp3) is 0.269. The first-order chi connectivity index (χ1) is 17.1. The number of anilines is 1. The third-order valence-corrected chi connectivity index (χ3v) is 6.92. The summed E-state index contributed by atoms with van der Waals surface area (Å²) in [6.45, 7) is 3.43. The monoisotopic (exact) mass is 516 g/mol. The Balaban J connectivity index is 1.80. The molecule has 3 rings (SSSR count). The van der Waals surface area contributed by atoms with Crippen molar-refractivity contribution in [1.82, 2.24) is 5.32 Å². The number of methoxy groups -OCH3 is 2. The van der Waals surface area contributed by atoms with E-state index in [2.05, 4.69) is 5.32 Å². The molecule has 0 heterocycles. The molecule has 8 nitrogen and oxygen atoms in total. The van der Waals surface area contributed by atoms with E-state index in [9.17, 15) is 17.6 Å². The molecule has 192 valence electrons. The Bertz CT molecular complexity index is 1280. The third-order valence-electron chi connectivity index (χ3n) is 5.13. The topological polar surface area (TPSA) is 94.2 Å². The van der Waals surface area contributed by atoms with Crippen molar-refractivity contribution < 1.29 is 31.8 Å². The number of carbonyl (C=O) groups is 1. The highest BCUT2D eigenvalue weighted by atomic mass is 32.2. The van der Waals surface area contributed by atoms with Crippen LogP contribution in [0, 0.1) is 5.82 Å². The number of hydrogen-bond acceptors (Lipinski definition) is 6. The summed E-state index contributed by atoms with van der Waals surface area (Å²) in [5.41, 5.74) is 0.891. The van der Waals surface area contributed by atoms with Crippen molar-refractivity contribution >= 4 is 21.6 Å². The molecule has 1 N–H and O–H groups in total. The van der Waals surface area contributed by atoms with Crippen LogP contribution in [-0.4, -0.2) is 41.2 Å².